The van der Waals surface area contributed by atoms with E-state index in [1.54, 1.807) is 12.0 Å². The average molecular weight is 381 g/mol. The van der Waals surface area contributed by atoms with Gasteiger partial charge in [0.1, 0.15) is 10.9 Å². The van der Waals surface area contributed by atoms with Gasteiger partial charge in [-0.05, 0) is 18.6 Å². The monoisotopic (exact) mass is 381 g/mol. The van der Waals surface area contributed by atoms with Gasteiger partial charge in [-0.1, -0.05) is 18.2 Å². The van der Waals surface area contributed by atoms with Crippen LogP contribution >= 0.6 is 0 Å². The highest BCUT2D eigenvalue weighted by molar-refractivity contribution is 7.90. The number of amides is 2. The van der Waals surface area contributed by atoms with E-state index in [0.717, 1.165) is 0 Å². The molecule has 3 saturated heterocycles. The normalized spacial score (nSPS) is 32.4. The van der Waals surface area contributed by atoms with E-state index in [1.807, 2.05) is 30.3 Å². The van der Waals surface area contributed by atoms with Crippen molar-refractivity contribution in [2.45, 2.75) is 23.4 Å². The molecule has 142 valence electrons. The highest BCUT2D eigenvalue weighted by atomic mass is 32.2. The Hall–Kier alpha value is -1.68. The van der Waals surface area contributed by atoms with Crippen LogP contribution in [0.15, 0.2) is 30.3 Å². The van der Waals surface area contributed by atoms with Gasteiger partial charge in [-0.3, -0.25) is 0 Å². The third-order valence-electron chi connectivity index (χ3n) is 5.37. The third kappa shape index (κ3) is 2.88. The molecule has 3 aliphatic heterocycles. The number of nitrogens with zero attached hydrogens (tertiary/aromatic N) is 2. The molecule has 1 N–H and O–H groups in total. The van der Waals surface area contributed by atoms with E-state index >= 15 is 0 Å². The highest BCUT2D eigenvalue weighted by Crippen LogP contribution is 2.46. The molecule has 2 amide bonds. The second kappa shape index (κ2) is 6.49. The van der Waals surface area contributed by atoms with Gasteiger partial charge in [0.05, 0.1) is 19.3 Å². The van der Waals surface area contributed by atoms with Crippen LogP contribution in [0.4, 0.5) is 10.5 Å². The van der Waals surface area contributed by atoms with Crippen molar-refractivity contribution in [3.63, 3.8) is 0 Å². The number of nitrogens with one attached hydrogen (secondary N) is 1. The molecular weight excluding hydrogens is 358 g/mol. The lowest BCUT2D eigenvalue weighted by atomic mass is 9.99. The van der Waals surface area contributed by atoms with Crippen molar-refractivity contribution in [3.8, 4) is 0 Å². The molecule has 0 radical (unpaired) electrons. The van der Waals surface area contributed by atoms with E-state index in [2.05, 4.69) is 5.32 Å². The van der Waals surface area contributed by atoms with Gasteiger partial charge in [0.25, 0.3) is 0 Å². The average Bonchev–Trinajstić information content (AvgIpc) is 2.99. The van der Waals surface area contributed by atoms with Gasteiger partial charge >= 0.3 is 6.03 Å². The minimum absolute atomic E-state index is 0.225. The molecule has 26 heavy (non-hydrogen) atoms. The first-order valence-corrected chi connectivity index (χ1v) is 10.2. The Morgan fingerprint density at radius 3 is 2.85 bits per heavy atom. The van der Waals surface area contributed by atoms with Crippen LogP contribution in [-0.4, -0.2) is 80.5 Å². The fourth-order valence-electron chi connectivity index (χ4n) is 4.22. The summed E-state index contributed by atoms with van der Waals surface area (Å²) >= 11 is 0. The maximum absolute atomic E-state index is 12.9. The lowest BCUT2D eigenvalue weighted by Gasteiger charge is -2.39. The molecule has 3 heterocycles. The predicted molar refractivity (Wildman–Crippen MR) is 95.4 cm³/mol. The number of morpholine rings is 1. The van der Waals surface area contributed by atoms with E-state index in [4.69, 9.17) is 9.47 Å². The van der Waals surface area contributed by atoms with E-state index in [-0.39, 0.29) is 25.2 Å². The van der Waals surface area contributed by atoms with Gasteiger partial charge in [-0.25, -0.2) is 13.2 Å². The van der Waals surface area contributed by atoms with Gasteiger partial charge in [0.2, 0.25) is 10.0 Å². The maximum atomic E-state index is 12.9. The first kappa shape index (κ1) is 17.7. The molecule has 9 heteroatoms. The van der Waals surface area contributed by atoms with Gasteiger partial charge in [-0.2, -0.15) is 4.31 Å². The summed E-state index contributed by atoms with van der Waals surface area (Å²) in [4.78, 5) is 14.3. The van der Waals surface area contributed by atoms with Crippen molar-refractivity contribution in [1.29, 1.82) is 0 Å². The Morgan fingerprint density at radius 1 is 1.35 bits per heavy atom. The first-order valence-electron chi connectivity index (χ1n) is 8.71. The molecule has 0 saturated carbocycles. The van der Waals surface area contributed by atoms with Crippen molar-refractivity contribution in [3.05, 3.63) is 30.3 Å². The molecule has 1 spiro atoms. The molecule has 3 aliphatic rings. The second-order valence-electron chi connectivity index (χ2n) is 7.08. The summed E-state index contributed by atoms with van der Waals surface area (Å²) < 4.78 is 38.3. The zero-order valence-electron chi connectivity index (χ0n) is 14.6. The number of methoxy groups -OCH3 is 1. The van der Waals surface area contributed by atoms with Crippen LogP contribution in [0.25, 0.3) is 0 Å². The summed E-state index contributed by atoms with van der Waals surface area (Å²) in [5.74, 6) is 0. The Kier molecular flexibility index (Phi) is 4.42. The number of carbonyl (C=O) groups is 1. The van der Waals surface area contributed by atoms with Gasteiger partial charge in [0.15, 0.2) is 0 Å². The summed E-state index contributed by atoms with van der Waals surface area (Å²) in [7, 11) is -1.89. The molecular formula is C17H23N3O5S. The van der Waals surface area contributed by atoms with Gasteiger partial charge < -0.3 is 19.7 Å². The molecule has 8 nitrogen and oxygen atoms in total. The summed E-state index contributed by atoms with van der Waals surface area (Å²) in [6.45, 7) is 1.60. The summed E-state index contributed by atoms with van der Waals surface area (Å²) in [5.41, 5.74) is -0.130. The largest absolute Gasteiger partial charge is 0.383 e. The van der Waals surface area contributed by atoms with Crippen LogP contribution in [0.2, 0.25) is 0 Å². The number of likely N-dealkylation sites (tertiary alicyclic amines) is 1. The van der Waals surface area contributed by atoms with E-state index in [0.29, 0.717) is 31.8 Å². The van der Waals surface area contributed by atoms with Crippen LogP contribution in [0.5, 0.6) is 0 Å². The summed E-state index contributed by atoms with van der Waals surface area (Å²) in [5, 5.41) is 2.28. The quantitative estimate of drug-likeness (QED) is 0.830. The molecule has 0 aromatic heterocycles. The number of benzene rings is 1. The van der Waals surface area contributed by atoms with Crippen LogP contribution in [-0.2, 0) is 19.5 Å². The lowest BCUT2D eigenvalue weighted by Crippen LogP contribution is -2.57. The molecule has 3 fully saturated rings. The SMILES string of the molecule is COCCN1C[C@@]23CN(C(=O)Nc4ccccc4)C[C@@H](C[C@@H]2S1(=O)=O)O3. The number of anilines is 1. The number of ether oxygens (including phenoxy) is 2. The summed E-state index contributed by atoms with van der Waals surface area (Å²) in [6, 6.07) is 9.00. The van der Waals surface area contributed by atoms with Gasteiger partial charge in [-0.15, -0.1) is 0 Å². The molecule has 1 aromatic carbocycles. The summed E-state index contributed by atoms with van der Waals surface area (Å²) in [6.07, 6.45) is 0.190. The van der Waals surface area contributed by atoms with Crippen LogP contribution in [0.1, 0.15) is 6.42 Å². The number of urea groups is 1. The predicted octanol–water partition coefficient (Wildman–Crippen LogP) is 0.722. The first-order chi connectivity index (χ1) is 12.4. The Morgan fingerprint density at radius 2 is 2.12 bits per heavy atom. The number of carbonyl (C=O) groups excluding carboxylic acids is 1. The maximum Gasteiger partial charge on any atom is 0.322 e. The standard InChI is InChI=1S/C17H23N3O5S/c1-24-8-7-20-12-17-11-19(16(21)18-13-5-3-2-4-6-13)10-14(25-17)9-15(17)26(20,22)23/h2-6,14-15H,7-12H2,1H3,(H,18,21)/t14-,15+,17+/m1/s1. The Labute approximate surface area is 153 Å². The Balaban J connectivity index is 1.52. The van der Waals surface area contributed by atoms with Crippen LogP contribution < -0.4 is 5.32 Å². The smallest absolute Gasteiger partial charge is 0.322 e. The minimum Gasteiger partial charge on any atom is -0.383 e. The molecule has 3 atom stereocenters. The zero-order valence-corrected chi connectivity index (χ0v) is 15.4. The van der Waals surface area contributed by atoms with E-state index < -0.39 is 20.9 Å². The topological polar surface area (TPSA) is 88.2 Å². The lowest BCUT2D eigenvalue weighted by molar-refractivity contribution is -0.0947. The van der Waals surface area contributed by atoms with E-state index in [9.17, 15) is 13.2 Å². The van der Waals surface area contributed by atoms with Gasteiger partial charge in [0, 0.05) is 32.4 Å². The number of hydrogen-bond acceptors (Lipinski definition) is 5. The fraction of sp³-hybridized carbons (Fsp3) is 0.588. The molecule has 4 rings (SSSR count). The van der Waals surface area contributed by atoms with Crippen molar-refractivity contribution in [1.82, 2.24) is 9.21 Å². The molecule has 0 unspecified atom stereocenters. The van der Waals surface area contributed by atoms with Crippen molar-refractivity contribution in [2.24, 2.45) is 0 Å². The molecule has 1 aromatic rings. The van der Waals surface area contributed by atoms with Crippen LogP contribution in [0.3, 0.4) is 0 Å². The number of para-hydroxylation sites is 1. The van der Waals surface area contributed by atoms with E-state index in [1.165, 1.54) is 4.31 Å². The molecule has 2 bridgehead atoms. The second-order valence-corrected chi connectivity index (χ2v) is 9.19. The van der Waals surface area contributed by atoms with Crippen molar-refractivity contribution >= 4 is 21.7 Å². The molecule has 0 aliphatic carbocycles. The number of hydrogen-bond donors (Lipinski definition) is 1. The van der Waals surface area contributed by atoms with Crippen molar-refractivity contribution < 1.29 is 22.7 Å². The highest BCUT2D eigenvalue weighted by Gasteiger charge is 2.65. The number of fused-ring (bicyclic) bond motifs is 1. The van der Waals surface area contributed by atoms with Crippen LogP contribution in [0, 0.1) is 0 Å². The minimum atomic E-state index is -3.44. The third-order valence-corrected chi connectivity index (χ3v) is 7.74. The zero-order chi connectivity index (χ0) is 18.4. The number of rotatable bonds is 4. The number of sulfonamides is 1. The fourth-order valence-corrected chi connectivity index (χ4v) is 6.52. The Bertz CT molecular complexity index is 787. The van der Waals surface area contributed by atoms with Crippen molar-refractivity contribution in [2.75, 3.05) is 45.2 Å².